The van der Waals surface area contributed by atoms with E-state index in [1.807, 2.05) is 6.08 Å². The van der Waals surface area contributed by atoms with Crippen LogP contribution in [0.3, 0.4) is 0 Å². The second-order valence-electron chi connectivity index (χ2n) is 7.74. The minimum Gasteiger partial charge on any atom is -0.481 e. The molecule has 0 aromatic rings. The van der Waals surface area contributed by atoms with E-state index in [0.29, 0.717) is 0 Å². The Morgan fingerprint density at radius 3 is 1.92 bits per heavy atom. The lowest BCUT2D eigenvalue weighted by molar-refractivity contribution is -0.146. The monoisotopic (exact) mass is 368 g/mol. The Bertz CT molecular complexity index is 399. The molecule has 0 aromatic heterocycles. The van der Waals surface area contributed by atoms with E-state index in [0.717, 1.165) is 12.3 Å². The summed E-state index contributed by atoms with van der Waals surface area (Å²) < 4.78 is 5.00. The maximum absolute atomic E-state index is 11.3. The summed E-state index contributed by atoms with van der Waals surface area (Å²) in [6.07, 6.45) is 16.1. The number of hydrogen-bond acceptors (Lipinski definition) is 3. The Kier molecular flexibility index (Phi) is 16.2. The standard InChI is InChI=1S/C22H40O4/c1-19(2)13-11-9-7-5-4-6-8-10-12-14-20(3)17-18-26-22(25)16-15-21(23)24/h17,19H,4-16,18H2,1-3H3,(H,23,24)/b20-17+. The summed E-state index contributed by atoms with van der Waals surface area (Å²) in [4.78, 5) is 21.6. The summed E-state index contributed by atoms with van der Waals surface area (Å²) in [6, 6.07) is 0. The predicted molar refractivity (Wildman–Crippen MR) is 107 cm³/mol. The van der Waals surface area contributed by atoms with E-state index in [4.69, 9.17) is 9.84 Å². The van der Waals surface area contributed by atoms with E-state index >= 15 is 0 Å². The molecule has 0 saturated carbocycles. The lowest BCUT2D eigenvalue weighted by Crippen LogP contribution is -2.07. The van der Waals surface area contributed by atoms with Crippen LogP contribution in [0.2, 0.25) is 0 Å². The third-order valence-electron chi connectivity index (χ3n) is 4.57. The molecular weight excluding hydrogens is 328 g/mol. The molecule has 0 rings (SSSR count). The van der Waals surface area contributed by atoms with Gasteiger partial charge in [-0.15, -0.1) is 0 Å². The molecule has 0 spiro atoms. The molecule has 0 heterocycles. The van der Waals surface area contributed by atoms with Crippen LogP contribution < -0.4 is 0 Å². The van der Waals surface area contributed by atoms with Gasteiger partial charge in [0.15, 0.2) is 0 Å². The number of hydrogen-bond donors (Lipinski definition) is 1. The van der Waals surface area contributed by atoms with Crippen molar-refractivity contribution in [3.8, 4) is 0 Å². The van der Waals surface area contributed by atoms with E-state index in [1.165, 1.54) is 69.8 Å². The lowest BCUT2D eigenvalue weighted by atomic mass is 10.0. The number of unbranched alkanes of at least 4 members (excludes halogenated alkanes) is 8. The largest absolute Gasteiger partial charge is 0.481 e. The van der Waals surface area contributed by atoms with E-state index in [2.05, 4.69) is 20.8 Å². The number of carbonyl (C=O) groups is 2. The van der Waals surface area contributed by atoms with Gasteiger partial charge in [0.25, 0.3) is 0 Å². The number of esters is 1. The first-order valence-corrected chi connectivity index (χ1v) is 10.4. The van der Waals surface area contributed by atoms with Crippen molar-refractivity contribution in [2.24, 2.45) is 5.92 Å². The molecule has 152 valence electrons. The van der Waals surface area contributed by atoms with Crippen molar-refractivity contribution < 1.29 is 19.4 Å². The summed E-state index contributed by atoms with van der Waals surface area (Å²) in [5.41, 5.74) is 1.24. The van der Waals surface area contributed by atoms with Crippen molar-refractivity contribution in [1.82, 2.24) is 0 Å². The van der Waals surface area contributed by atoms with Gasteiger partial charge in [0.1, 0.15) is 6.61 Å². The molecule has 0 bridgehead atoms. The van der Waals surface area contributed by atoms with Crippen LogP contribution in [0.5, 0.6) is 0 Å². The first-order valence-electron chi connectivity index (χ1n) is 10.4. The minimum absolute atomic E-state index is 0.0556. The normalized spacial score (nSPS) is 11.8. The average molecular weight is 369 g/mol. The Hall–Kier alpha value is -1.32. The Labute approximate surface area is 160 Å². The zero-order valence-electron chi connectivity index (χ0n) is 17.2. The van der Waals surface area contributed by atoms with Gasteiger partial charge in [0.2, 0.25) is 0 Å². The summed E-state index contributed by atoms with van der Waals surface area (Å²) in [7, 11) is 0. The molecule has 0 amide bonds. The van der Waals surface area contributed by atoms with Crippen LogP contribution in [-0.2, 0) is 14.3 Å². The number of aliphatic carboxylic acids is 1. The minimum atomic E-state index is -0.972. The van der Waals surface area contributed by atoms with Crippen LogP contribution in [0.15, 0.2) is 11.6 Å². The Morgan fingerprint density at radius 1 is 0.846 bits per heavy atom. The zero-order chi connectivity index (χ0) is 19.6. The highest BCUT2D eigenvalue weighted by molar-refractivity contribution is 5.76. The second-order valence-corrected chi connectivity index (χ2v) is 7.74. The van der Waals surface area contributed by atoms with Gasteiger partial charge in [-0.2, -0.15) is 0 Å². The van der Waals surface area contributed by atoms with Gasteiger partial charge in [0.05, 0.1) is 12.8 Å². The smallest absolute Gasteiger partial charge is 0.306 e. The highest BCUT2D eigenvalue weighted by Gasteiger charge is 2.05. The second kappa shape index (κ2) is 17.1. The first kappa shape index (κ1) is 24.7. The van der Waals surface area contributed by atoms with E-state index in [1.54, 1.807) is 0 Å². The molecule has 0 saturated heterocycles. The number of rotatable bonds is 17. The average Bonchev–Trinajstić information content (AvgIpc) is 2.57. The molecule has 26 heavy (non-hydrogen) atoms. The highest BCUT2D eigenvalue weighted by Crippen LogP contribution is 2.14. The maximum Gasteiger partial charge on any atom is 0.306 e. The number of ether oxygens (including phenoxy) is 1. The molecule has 0 aliphatic carbocycles. The molecule has 0 atom stereocenters. The van der Waals surface area contributed by atoms with Crippen molar-refractivity contribution in [2.75, 3.05) is 6.61 Å². The third kappa shape index (κ3) is 19.0. The molecule has 0 aliphatic heterocycles. The predicted octanol–water partition coefficient (Wildman–Crippen LogP) is 6.29. The van der Waals surface area contributed by atoms with Gasteiger partial charge >= 0.3 is 11.9 Å². The van der Waals surface area contributed by atoms with Crippen LogP contribution in [0, 0.1) is 5.92 Å². The lowest BCUT2D eigenvalue weighted by Gasteiger charge is -2.05. The van der Waals surface area contributed by atoms with Crippen LogP contribution in [0.1, 0.15) is 104 Å². The molecule has 1 N–H and O–H groups in total. The van der Waals surface area contributed by atoms with Crippen LogP contribution in [-0.4, -0.2) is 23.7 Å². The van der Waals surface area contributed by atoms with Gasteiger partial charge in [-0.1, -0.05) is 77.2 Å². The van der Waals surface area contributed by atoms with E-state index in [9.17, 15) is 9.59 Å². The quantitative estimate of drug-likeness (QED) is 0.186. The molecule has 4 heteroatoms. The number of allylic oxidation sites excluding steroid dienone is 1. The van der Waals surface area contributed by atoms with Gasteiger partial charge in [0, 0.05) is 0 Å². The molecule has 0 unspecified atom stereocenters. The molecule has 0 fully saturated rings. The molecular formula is C22H40O4. The first-order chi connectivity index (χ1) is 12.4. The zero-order valence-corrected chi connectivity index (χ0v) is 17.2. The fourth-order valence-corrected chi connectivity index (χ4v) is 2.85. The molecule has 0 aromatic carbocycles. The van der Waals surface area contributed by atoms with Crippen molar-refractivity contribution in [3.05, 3.63) is 11.6 Å². The summed E-state index contributed by atoms with van der Waals surface area (Å²) in [6.45, 7) is 6.90. The van der Waals surface area contributed by atoms with Gasteiger partial charge in [-0.3, -0.25) is 9.59 Å². The van der Waals surface area contributed by atoms with E-state index < -0.39 is 11.9 Å². The summed E-state index contributed by atoms with van der Waals surface area (Å²) in [5, 5.41) is 8.50. The van der Waals surface area contributed by atoms with Crippen LogP contribution in [0.25, 0.3) is 0 Å². The number of carboxylic acids is 1. The van der Waals surface area contributed by atoms with Gasteiger partial charge < -0.3 is 9.84 Å². The third-order valence-corrected chi connectivity index (χ3v) is 4.57. The summed E-state index contributed by atoms with van der Waals surface area (Å²) in [5.74, 6) is -0.572. The van der Waals surface area contributed by atoms with Crippen LogP contribution >= 0.6 is 0 Å². The molecule has 0 aliphatic rings. The molecule has 4 nitrogen and oxygen atoms in total. The van der Waals surface area contributed by atoms with Gasteiger partial charge in [-0.05, 0) is 31.8 Å². The van der Waals surface area contributed by atoms with Gasteiger partial charge in [-0.25, -0.2) is 0 Å². The maximum atomic E-state index is 11.3. The number of carboxylic acid groups (broad SMARTS) is 1. The topological polar surface area (TPSA) is 63.6 Å². The highest BCUT2D eigenvalue weighted by atomic mass is 16.5. The fourth-order valence-electron chi connectivity index (χ4n) is 2.85. The van der Waals surface area contributed by atoms with Crippen molar-refractivity contribution in [1.29, 1.82) is 0 Å². The fraction of sp³-hybridized carbons (Fsp3) is 0.818. The SMILES string of the molecule is C/C(=C\COC(=O)CCC(=O)O)CCCCCCCCCCCC(C)C. The Morgan fingerprint density at radius 2 is 1.38 bits per heavy atom. The Balaban J connectivity index is 3.41. The summed E-state index contributed by atoms with van der Waals surface area (Å²) >= 11 is 0. The molecule has 0 radical (unpaired) electrons. The van der Waals surface area contributed by atoms with Crippen molar-refractivity contribution >= 4 is 11.9 Å². The van der Waals surface area contributed by atoms with Crippen molar-refractivity contribution in [2.45, 2.75) is 104 Å². The van der Waals surface area contributed by atoms with E-state index in [-0.39, 0.29) is 19.4 Å². The van der Waals surface area contributed by atoms with Crippen molar-refractivity contribution in [3.63, 3.8) is 0 Å². The number of carbonyl (C=O) groups excluding carboxylic acids is 1. The van der Waals surface area contributed by atoms with Crippen LogP contribution in [0.4, 0.5) is 0 Å².